The van der Waals surface area contributed by atoms with Gasteiger partial charge in [-0.05, 0) is 17.7 Å². The van der Waals surface area contributed by atoms with Crippen LogP contribution in [0.3, 0.4) is 0 Å². The number of hydrogen-bond donors (Lipinski definition) is 2. The van der Waals surface area contributed by atoms with Crippen LogP contribution in [0.1, 0.15) is 16.5 Å². The summed E-state index contributed by atoms with van der Waals surface area (Å²) in [5.41, 5.74) is 7.44. The molecule has 22 heavy (non-hydrogen) atoms. The summed E-state index contributed by atoms with van der Waals surface area (Å²) in [6.45, 7) is 1.22. The van der Waals surface area contributed by atoms with Crippen LogP contribution in [0.5, 0.6) is 0 Å². The smallest absolute Gasteiger partial charge is 0.229 e. The van der Waals surface area contributed by atoms with Crippen molar-refractivity contribution in [1.29, 1.82) is 0 Å². The Hall–Kier alpha value is -1.40. The van der Waals surface area contributed by atoms with E-state index < -0.39 is 0 Å². The van der Waals surface area contributed by atoms with Crippen LogP contribution in [0.25, 0.3) is 0 Å². The highest BCUT2D eigenvalue weighted by Gasteiger charge is 2.35. The monoisotopic (exact) mass is 335 g/mol. The van der Waals surface area contributed by atoms with E-state index in [0.717, 1.165) is 14.8 Å². The maximum atomic E-state index is 12.8. The molecule has 2 aromatic rings. The maximum absolute atomic E-state index is 12.8. The number of carbonyl (C=O) groups is 1. The van der Waals surface area contributed by atoms with Crippen molar-refractivity contribution in [3.05, 3.63) is 57.2 Å². The van der Waals surface area contributed by atoms with Gasteiger partial charge in [-0.25, -0.2) is 5.43 Å². The molecule has 1 saturated heterocycles. The Balaban J connectivity index is 1.70. The number of hydrogen-bond acceptors (Lipinski definition) is 4. The van der Waals surface area contributed by atoms with Crippen molar-refractivity contribution in [2.24, 2.45) is 5.92 Å². The van der Waals surface area contributed by atoms with E-state index in [2.05, 4.69) is 10.9 Å². The molecule has 1 fully saturated rings. The molecule has 116 valence electrons. The SMILES string of the molecule is CN(Cc1ccc(Cl)s1)C(=O)C1CNNC1c1ccccc1. The minimum Gasteiger partial charge on any atom is -0.340 e. The molecule has 2 atom stereocenters. The third-order valence-electron chi connectivity index (χ3n) is 3.86. The van der Waals surface area contributed by atoms with Crippen LogP contribution in [0.4, 0.5) is 0 Å². The zero-order valence-electron chi connectivity index (χ0n) is 12.3. The second kappa shape index (κ2) is 6.79. The highest BCUT2D eigenvalue weighted by atomic mass is 35.5. The molecule has 6 heteroatoms. The third kappa shape index (κ3) is 3.33. The summed E-state index contributed by atoms with van der Waals surface area (Å²) in [6, 6.07) is 13.9. The van der Waals surface area contributed by atoms with E-state index in [4.69, 9.17) is 11.6 Å². The first-order valence-electron chi connectivity index (χ1n) is 7.17. The first-order chi connectivity index (χ1) is 10.6. The van der Waals surface area contributed by atoms with E-state index in [1.165, 1.54) is 11.3 Å². The normalized spacial score (nSPS) is 21.0. The van der Waals surface area contributed by atoms with Crippen molar-refractivity contribution in [1.82, 2.24) is 15.8 Å². The number of benzene rings is 1. The van der Waals surface area contributed by atoms with E-state index >= 15 is 0 Å². The van der Waals surface area contributed by atoms with E-state index in [9.17, 15) is 4.79 Å². The first kappa shape index (κ1) is 15.5. The van der Waals surface area contributed by atoms with Gasteiger partial charge >= 0.3 is 0 Å². The summed E-state index contributed by atoms with van der Waals surface area (Å²) in [5.74, 6) is 0.0266. The molecular weight excluding hydrogens is 318 g/mol. The van der Waals surface area contributed by atoms with Crippen LogP contribution < -0.4 is 10.9 Å². The minimum atomic E-state index is -0.108. The Labute approximate surface area is 139 Å². The minimum absolute atomic E-state index is 0.00285. The average Bonchev–Trinajstić information content (AvgIpc) is 3.16. The molecule has 4 nitrogen and oxygen atoms in total. The van der Waals surface area contributed by atoms with Gasteiger partial charge in [0.25, 0.3) is 0 Å². The average molecular weight is 336 g/mol. The quantitative estimate of drug-likeness (QED) is 0.903. The second-order valence-electron chi connectivity index (χ2n) is 5.42. The van der Waals surface area contributed by atoms with Crippen LogP contribution in [-0.2, 0) is 11.3 Å². The van der Waals surface area contributed by atoms with Gasteiger partial charge in [-0.2, -0.15) is 0 Å². The topological polar surface area (TPSA) is 44.4 Å². The number of hydrazine groups is 1. The number of halogens is 1. The largest absolute Gasteiger partial charge is 0.340 e. The van der Waals surface area contributed by atoms with Crippen LogP contribution >= 0.6 is 22.9 Å². The second-order valence-corrected chi connectivity index (χ2v) is 7.22. The summed E-state index contributed by atoms with van der Waals surface area (Å²) in [5, 5.41) is 0. The van der Waals surface area contributed by atoms with Gasteiger partial charge < -0.3 is 4.90 Å². The molecule has 0 saturated carbocycles. The molecule has 0 radical (unpaired) electrons. The number of amides is 1. The van der Waals surface area contributed by atoms with Crippen molar-refractivity contribution in [2.45, 2.75) is 12.6 Å². The van der Waals surface area contributed by atoms with Crippen molar-refractivity contribution < 1.29 is 4.79 Å². The fraction of sp³-hybridized carbons (Fsp3) is 0.312. The van der Waals surface area contributed by atoms with E-state index in [1.54, 1.807) is 4.90 Å². The zero-order valence-corrected chi connectivity index (χ0v) is 13.8. The zero-order chi connectivity index (χ0) is 15.5. The van der Waals surface area contributed by atoms with Gasteiger partial charge in [0.05, 0.1) is 22.8 Å². The van der Waals surface area contributed by atoms with Gasteiger partial charge in [-0.1, -0.05) is 41.9 Å². The summed E-state index contributed by atoms with van der Waals surface area (Å²) >= 11 is 7.46. The lowest BCUT2D eigenvalue weighted by atomic mass is 9.94. The standard InChI is InChI=1S/C16H18ClN3OS/c1-20(10-12-7-8-14(17)22-12)16(21)13-9-18-19-15(13)11-5-3-2-4-6-11/h2-8,13,15,18-19H,9-10H2,1H3. The number of carbonyl (C=O) groups excluding carboxylic acids is 1. The van der Waals surface area contributed by atoms with Crippen LogP contribution in [-0.4, -0.2) is 24.4 Å². The molecule has 0 spiro atoms. The molecule has 2 N–H and O–H groups in total. The predicted octanol–water partition coefficient (Wildman–Crippen LogP) is 2.83. The van der Waals surface area contributed by atoms with Gasteiger partial charge in [0, 0.05) is 18.5 Å². The molecule has 2 unspecified atom stereocenters. The Morgan fingerprint density at radius 2 is 2.09 bits per heavy atom. The van der Waals surface area contributed by atoms with Crippen molar-refractivity contribution in [2.75, 3.05) is 13.6 Å². The predicted molar refractivity (Wildman–Crippen MR) is 89.6 cm³/mol. The molecule has 2 heterocycles. The third-order valence-corrected chi connectivity index (χ3v) is 5.07. The Morgan fingerprint density at radius 1 is 1.32 bits per heavy atom. The molecule has 0 bridgehead atoms. The summed E-state index contributed by atoms with van der Waals surface area (Å²) in [6.07, 6.45) is 0. The van der Waals surface area contributed by atoms with Crippen LogP contribution in [0.2, 0.25) is 4.34 Å². The fourth-order valence-corrected chi connectivity index (χ4v) is 3.88. The highest BCUT2D eigenvalue weighted by Crippen LogP contribution is 2.27. The number of nitrogens with one attached hydrogen (secondary N) is 2. The Kier molecular flexibility index (Phi) is 4.78. The number of rotatable bonds is 4. The number of nitrogens with zero attached hydrogens (tertiary/aromatic N) is 1. The molecule has 1 aliphatic rings. The van der Waals surface area contributed by atoms with Gasteiger partial charge in [-0.3, -0.25) is 10.2 Å². The summed E-state index contributed by atoms with van der Waals surface area (Å²) < 4.78 is 0.752. The highest BCUT2D eigenvalue weighted by molar-refractivity contribution is 7.16. The van der Waals surface area contributed by atoms with Crippen molar-refractivity contribution >= 4 is 28.8 Å². The van der Waals surface area contributed by atoms with Crippen LogP contribution in [0.15, 0.2) is 42.5 Å². The molecule has 0 aliphatic carbocycles. The Bertz CT molecular complexity index is 646. The van der Waals surface area contributed by atoms with E-state index in [1.807, 2.05) is 49.5 Å². The maximum Gasteiger partial charge on any atom is 0.229 e. The lowest BCUT2D eigenvalue weighted by molar-refractivity contribution is -0.134. The number of thiophene rings is 1. The van der Waals surface area contributed by atoms with Gasteiger partial charge in [0.2, 0.25) is 5.91 Å². The van der Waals surface area contributed by atoms with Gasteiger partial charge in [0.1, 0.15) is 0 Å². The first-order valence-corrected chi connectivity index (χ1v) is 8.37. The van der Waals surface area contributed by atoms with E-state index in [-0.39, 0.29) is 17.9 Å². The summed E-state index contributed by atoms with van der Waals surface area (Å²) in [7, 11) is 1.84. The van der Waals surface area contributed by atoms with Crippen LogP contribution in [0, 0.1) is 5.92 Å². The van der Waals surface area contributed by atoms with Gasteiger partial charge in [-0.15, -0.1) is 11.3 Å². The molecule has 1 aromatic heterocycles. The van der Waals surface area contributed by atoms with E-state index in [0.29, 0.717) is 13.1 Å². The fourth-order valence-electron chi connectivity index (χ4n) is 2.73. The lowest BCUT2D eigenvalue weighted by Gasteiger charge is -2.24. The van der Waals surface area contributed by atoms with Crippen molar-refractivity contribution in [3.63, 3.8) is 0 Å². The molecule has 1 amide bonds. The Morgan fingerprint density at radius 3 is 2.77 bits per heavy atom. The summed E-state index contributed by atoms with van der Waals surface area (Å²) in [4.78, 5) is 15.6. The molecule has 3 rings (SSSR count). The lowest BCUT2D eigenvalue weighted by Crippen LogP contribution is -2.36. The molecule has 1 aliphatic heterocycles. The molecular formula is C16H18ClN3OS. The van der Waals surface area contributed by atoms with Gasteiger partial charge in [0.15, 0.2) is 0 Å². The molecule has 1 aromatic carbocycles. The van der Waals surface area contributed by atoms with Crippen molar-refractivity contribution in [3.8, 4) is 0 Å².